The third kappa shape index (κ3) is 3.18. The Hall–Kier alpha value is -4.40. The molecule has 0 saturated carbocycles. The number of aromatic amines is 1. The van der Waals surface area contributed by atoms with Crippen LogP contribution in [0.25, 0.3) is 32.9 Å². The van der Waals surface area contributed by atoms with Crippen LogP contribution in [0.4, 0.5) is 17.5 Å². The van der Waals surface area contributed by atoms with Gasteiger partial charge in [-0.2, -0.15) is 10.1 Å². The molecule has 0 bridgehead atoms. The molecule has 0 saturated heterocycles. The van der Waals surface area contributed by atoms with Crippen LogP contribution in [0.5, 0.6) is 0 Å². The zero-order valence-electron chi connectivity index (χ0n) is 15.8. The summed E-state index contributed by atoms with van der Waals surface area (Å²) in [7, 11) is 0. The highest BCUT2D eigenvalue weighted by atomic mass is 16.1. The normalized spacial score (nSPS) is 11.2. The van der Waals surface area contributed by atoms with Gasteiger partial charge in [0.05, 0.1) is 11.7 Å². The van der Waals surface area contributed by atoms with Crippen molar-refractivity contribution in [1.29, 1.82) is 0 Å². The molecule has 0 aliphatic heterocycles. The number of nitrogens with zero attached hydrogens (tertiary/aromatic N) is 4. The second kappa shape index (κ2) is 6.89. The molecule has 30 heavy (non-hydrogen) atoms. The van der Waals surface area contributed by atoms with Crippen molar-refractivity contribution in [1.82, 2.24) is 24.7 Å². The lowest BCUT2D eigenvalue weighted by Crippen LogP contribution is -2.17. The largest absolute Gasteiger partial charge is 0.368 e. The molecule has 0 unspecified atom stereocenters. The molecular weight excluding hydrogens is 380 g/mol. The Morgan fingerprint density at radius 1 is 1.13 bits per heavy atom. The first-order chi connectivity index (χ1) is 14.6. The van der Waals surface area contributed by atoms with Crippen molar-refractivity contribution in [3.63, 3.8) is 0 Å². The maximum absolute atomic E-state index is 11.3. The lowest BCUT2D eigenvalue weighted by Gasteiger charge is -2.10. The Morgan fingerprint density at radius 3 is 2.87 bits per heavy atom. The number of carbonyl (C=O) groups excluding carboxylic acids is 1. The molecule has 5 aromatic rings. The van der Waals surface area contributed by atoms with Crippen LogP contribution in [-0.2, 0) is 11.3 Å². The van der Waals surface area contributed by atoms with E-state index in [1.165, 1.54) is 0 Å². The van der Waals surface area contributed by atoms with Crippen LogP contribution in [0, 0.1) is 0 Å². The molecule has 3 aromatic heterocycles. The van der Waals surface area contributed by atoms with Gasteiger partial charge in [-0.25, -0.2) is 4.98 Å². The Kier molecular flexibility index (Phi) is 4.06. The first-order valence-electron chi connectivity index (χ1n) is 9.27. The van der Waals surface area contributed by atoms with Gasteiger partial charge >= 0.3 is 0 Å². The molecule has 5 rings (SSSR count). The zero-order chi connectivity index (χ0) is 20.7. The van der Waals surface area contributed by atoms with Crippen LogP contribution in [0.1, 0.15) is 0 Å². The second-order valence-corrected chi connectivity index (χ2v) is 6.97. The van der Waals surface area contributed by atoms with Crippen LogP contribution in [0.3, 0.4) is 0 Å². The van der Waals surface area contributed by atoms with Crippen molar-refractivity contribution < 1.29 is 4.79 Å². The monoisotopic (exact) mass is 398 g/mol. The van der Waals surface area contributed by atoms with E-state index in [2.05, 4.69) is 31.5 Å². The zero-order valence-corrected chi connectivity index (χ0v) is 15.8. The lowest BCUT2D eigenvalue weighted by molar-refractivity contribution is -0.118. The number of anilines is 3. The quantitative estimate of drug-likeness (QED) is 0.359. The van der Waals surface area contributed by atoms with Crippen molar-refractivity contribution in [3.05, 3.63) is 61.1 Å². The fraction of sp³-hybridized carbons (Fsp3) is 0.0476. The highest BCUT2D eigenvalue weighted by Crippen LogP contribution is 2.33. The fourth-order valence-electron chi connectivity index (χ4n) is 3.62. The lowest BCUT2D eigenvalue weighted by atomic mass is 10.0. The van der Waals surface area contributed by atoms with E-state index in [0.29, 0.717) is 5.82 Å². The predicted octanol–water partition coefficient (Wildman–Crippen LogP) is 2.79. The van der Waals surface area contributed by atoms with E-state index in [1.807, 2.05) is 41.1 Å². The molecule has 9 heteroatoms. The summed E-state index contributed by atoms with van der Waals surface area (Å²) in [5.41, 5.74) is 15.8. The number of hydrogen-bond donors (Lipinski definition) is 4. The van der Waals surface area contributed by atoms with E-state index in [1.54, 1.807) is 18.5 Å². The van der Waals surface area contributed by atoms with Gasteiger partial charge in [-0.15, -0.1) is 0 Å². The number of primary amides is 1. The Bertz CT molecular complexity index is 1400. The summed E-state index contributed by atoms with van der Waals surface area (Å²) in [5.74, 6) is 0.436. The Morgan fingerprint density at radius 2 is 2.03 bits per heavy atom. The molecule has 6 N–H and O–H groups in total. The Balaban J connectivity index is 1.59. The minimum Gasteiger partial charge on any atom is -0.368 e. The molecule has 0 radical (unpaired) electrons. The van der Waals surface area contributed by atoms with Crippen LogP contribution in [0.2, 0.25) is 0 Å². The maximum Gasteiger partial charge on any atom is 0.237 e. The number of hydrogen-bond acceptors (Lipinski definition) is 6. The number of nitrogens with two attached hydrogens (primary N) is 2. The van der Waals surface area contributed by atoms with Gasteiger partial charge in [0.1, 0.15) is 12.4 Å². The van der Waals surface area contributed by atoms with Crippen molar-refractivity contribution in [2.75, 3.05) is 11.1 Å². The molecule has 3 heterocycles. The summed E-state index contributed by atoms with van der Waals surface area (Å²) in [6.45, 7) is 0.148. The van der Waals surface area contributed by atoms with Gasteiger partial charge in [-0.3, -0.25) is 9.89 Å². The fourth-order valence-corrected chi connectivity index (χ4v) is 3.62. The van der Waals surface area contributed by atoms with Crippen LogP contribution < -0.4 is 16.8 Å². The molecule has 9 nitrogen and oxygen atoms in total. The first kappa shape index (κ1) is 17.7. The van der Waals surface area contributed by atoms with E-state index in [-0.39, 0.29) is 18.4 Å². The third-order valence-corrected chi connectivity index (χ3v) is 4.90. The first-order valence-corrected chi connectivity index (χ1v) is 9.27. The number of nitrogens with one attached hydrogen (secondary N) is 2. The molecule has 0 aliphatic carbocycles. The summed E-state index contributed by atoms with van der Waals surface area (Å²) in [6.07, 6.45) is 5.25. The van der Waals surface area contributed by atoms with Crippen LogP contribution in [0.15, 0.2) is 61.1 Å². The molecular formula is C21H18N8O. The minimum atomic E-state index is -0.375. The number of rotatable bonds is 5. The highest BCUT2D eigenvalue weighted by molar-refractivity contribution is 5.99. The topological polar surface area (TPSA) is 141 Å². The molecule has 2 aromatic carbocycles. The number of aromatic nitrogens is 5. The smallest absolute Gasteiger partial charge is 0.237 e. The molecule has 0 spiro atoms. The summed E-state index contributed by atoms with van der Waals surface area (Å²) >= 11 is 0. The summed E-state index contributed by atoms with van der Waals surface area (Å²) in [6, 6.07) is 13.8. The van der Waals surface area contributed by atoms with Gasteiger partial charge in [-0.05, 0) is 42.0 Å². The van der Waals surface area contributed by atoms with Crippen molar-refractivity contribution >= 4 is 45.2 Å². The average molecular weight is 398 g/mol. The molecule has 0 atom stereocenters. The number of benzene rings is 2. The minimum absolute atomic E-state index is 0.148. The molecule has 0 aliphatic rings. The van der Waals surface area contributed by atoms with Crippen LogP contribution >= 0.6 is 0 Å². The third-order valence-electron chi connectivity index (χ3n) is 4.90. The van der Waals surface area contributed by atoms with Gasteiger partial charge in [0.25, 0.3) is 0 Å². The van der Waals surface area contributed by atoms with Crippen molar-refractivity contribution in [3.8, 4) is 11.1 Å². The van der Waals surface area contributed by atoms with Gasteiger partial charge in [0.15, 0.2) is 0 Å². The van der Waals surface area contributed by atoms with E-state index < -0.39 is 0 Å². The number of nitrogen functional groups attached to an aromatic ring is 1. The Labute approximate surface area is 170 Å². The number of carbonyl (C=O) groups is 1. The standard InChI is InChI=1S/C21H18N8O/c22-18(30)11-29-6-4-13-7-12(1-2-17(13)29)16-9-15(8-14-10-25-28-20(14)16)26-19-3-5-24-21(23)27-19/h1-10H,11H2,(H2,22,30)(H,25,28)(H3,23,24,26,27). The predicted molar refractivity (Wildman–Crippen MR) is 116 cm³/mol. The number of fused-ring (bicyclic) bond motifs is 2. The van der Waals surface area contributed by atoms with Gasteiger partial charge < -0.3 is 21.4 Å². The average Bonchev–Trinajstić information content (AvgIpc) is 3.34. The van der Waals surface area contributed by atoms with Gasteiger partial charge in [0.2, 0.25) is 11.9 Å². The van der Waals surface area contributed by atoms with E-state index in [9.17, 15) is 4.79 Å². The van der Waals surface area contributed by atoms with Gasteiger partial charge in [-0.1, -0.05) is 6.07 Å². The number of H-pyrrole nitrogens is 1. The van der Waals surface area contributed by atoms with Crippen molar-refractivity contribution in [2.45, 2.75) is 6.54 Å². The molecule has 0 fully saturated rings. The van der Waals surface area contributed by atoms with E-state index in [4.69, 9.17) is 11.5 Å². The SMILES string of the molecule is NC(=O)Cn1ccc2cc(-c3cc(Nc4ccnc(N)n4)cc4cn[nH]c34)ccc21. The highest BCUT2D eigenvalue weighted by Gasteiger charge is 2.11. The molecule has 1 amide bonds. The van der Waals surface area contributed by atoms with E-state index in [0.717, 1.165) is 38.6 Å². The summed E-state index contributed by atoms with van der Waals surface area (Å²) < 4.78 is 1.84. The summed E-state index contributed by atoms with van der Waals surface area (Å²) in [4.78, 5) is 19.4. The maximum atomic E-state index is 11.3. The van der Waals surface area contributed by atoms with E-state index >= 15 is 0 Å². The number of amides is 1. The molecule has 148 valence electrons. The van der Waals surface area contributed by atoms with Crippen molar-refractivity contribution in [2.24, 2.45) is 5.73 Å². The second-order valence-electron chi connectivity index (χ2n) is 6.97. The van der Waals surface area contributed by atoms with Gasteiger partial charge in [0, 0.05) is 39.9 Å². The van der Waals surface area contributed by atoms with Crippen LogP contribution in [-0.4, -0.2) is 30.6 Å². The summed E-state index contributed by atoms with van der Waals surface area (Å²) in [5, 5.41) is 12.5.